The molecular formula is C18H19N3O2S. The van der Waals surface area contributed by atoms with Crippen LogP contribution >= 0.6 is 11.3 Å². The maximum atomic E-state index is 12.1. The van der Waals surface area contributed by atoms with Gasteiger partial charge in [-0.1, -0.05) is 30.3 Å². The number of carbonyl (C=O) groups is 1. The Morgan fingerprint density at radius 3 is 2.83 bits per heavy atom. The first-order chi connectivity index (χ1) is 11.6. The second-order valence-electron chi connectivity index (χ2n) is 5.67. The average Bonchev–Trinajstić information content (AvgIpc) is 2.97. The van der Waals surface area contributed by atoms with E-state index < -0.39 is 0 Å². The van der Waals surface area contributed by atoms with Crippen molar-refractivity contribution in [3.05, 3.63) is 69.1 Å². The van der Waals surface area contributed by atoms with Gasteiger partial charge in [0.15, 0.2) is 4.96 Å². The molecule has 0 radical (unpaired) electrons. The van der Waals surface area contributed by atoms with Crippen molar-refractivity contribution in [2.75, 3.05) is 6.54 Å². The summed E-state index contributed by atoms with van der Waals surface area (Å²) in [5.41, 5.74) is 2.70. The Labute approximate surface area is 144 Å². The van der Waals surface area contributed by atoms with Crippen LogP contribution in [0.1, 0.15) is 23.4 Å². The minimum Gasteiger partial charge on any atom is -0.356 e. The number of carbonyl (C=O) groups excluding carboxylic acids is 1. The first-order valence-electron chi connectivity index (χ1n) is 7.91. The molecule has 6 heteroatoms. The van der Waals surface area contributed by atoms with E-state index in [1.54, 1.807) is 4.40 Å². The summed E-state index contributed by atoms with van der Waals surface area (Å²) < 4.78 is 1.62. The number of nitrogens with zero attached hydrogens (tertiary/aromatic N) is 2. The third-order valence-electron chi connectivity index (χ3n) is 3.79. The summed E-state index contributed by atoms with van der Waals surface area (Å²) in [4.78, 5) is 29.1. The molecule has 0 spiro atoms. The SMILES string of the molecule is Cc1cc(=O)n2c(CCNC(=O)CCc3ccccc3)csc2n1. The molecule has 0 atom stereocenters. The molecule has 1 amide bonds. The van der Waals surface area contributed by atoms with Gasteiger partial charge in [0, 0.05) is 42.2 Å². The molecule has 3 rings (SSSR count). The quantitative estimate of drug-likeness (QED) is 0.748. The highest BCUT2D eigenvalue weighted by Crippen LogP contribution is 2.12. The molecule has 0 aliphatic carbocycles. The van der Waals surface area contributed by atoms with Crippen LogP contribution in [-0.2, 0) is 17.6 Å². The highest BCUT2D eigenvalue weighted by atomic mass is 32.1. The first kappa shape index (κ1) is 16.4. The summed E-state index contributed by atoms with van der Waals surface area (Å²) in [5.74, 6) is 0.0275. The third kappa shape index (κ3) is 3.89. The molecular weight excluding hydrogens is 322 g/mol. The Bertz CT molecular complexity index is 900. The van der Waals surface area contributed by atoms with Crippen LogP contribution in [0.15, 0.2) is 46.6 Å². The molecule has 0 bridgehead atoms. The van der Waals surface area contributed by atoms with E-state index in [0.29, 0.717) is 24.3 Å². The highest BCUT2D eigenvalue weighted by Gasteiger charge is 2.08. The van der Waals surface area contributed by atoms with E-state index in [4.69, 9.17) is 0 Å². The molecule has 1 N–H and O–H groups in total. The largest absolute Gasteiger partial charge is 0.356 e. The molecule has 0 aliphatic rings. The second kappa shape index (κ2) is 7.40. The van der Waals surface area contributed by atoms with E-state index in [9.17, 15) is 9.59 Å². The molecule has 0 unspecified atom stereocenters. The van der Waals surface area contributed by atoms with Crippen molar-refractivity contribution in [2.45, 2.75) is 26.2 Å². The zero-order chi connectivity index (χ0) is 16.9. The number of rotatable bonds is 6. The van der Waals surface area contributed by atoms with Gasteiger partial charge in [0.25, 0.3) is 5.56 Å². The molecule has 0 aliphatic heterocycles. The predicted octanol–water partition coefficient (Wildman–Crippen LogP) is 2.36. The van der Waals surface area contributed by atoms with Gasteiger partial charge >= 0.3 is 0 Å². The van der Waals surface area contributed by atoms with Crippen LogP contribution in [-0.4, -0.2) is 21.8 Å². The molecule has 5 nitrogen and oxygen atoms in total. The van der Waals surface area contributed by atoms with Gasteiger partial charge in [-0.3, -0.25) is 14.0 Å². The fourth-order valence-corrected chi connectivity index (χ4v) is 3.55. The van der Waals surface area contributed by atoms with Crippen LogP contribution in [0, 0.1) is 6.92 Å². The van der Waals surface area contributed by atoms with E-state index in [1.165, 1.54) is 17.4 Å². The van der Waals surface area contributed by atoms with Crippen molar-refractivity contribution in [3.63, 3.8) is 0 Å². The van der Waals surface area contributed by atoms with Crippen LogP contribution in [0.4, 0.5) is 0 Å². The molecule has 0 saturated heterocycles. The van der Waals surface area contributed by atoms with Crippen LogP contribution < -0.4 is 10.9 Å². The van der Waals surface area contributed by atoms with Crippen LogP contribution in [0.2, 0.25) is 0 Å². The third-order valence-corrected chi connectivity index (χ3v) is 4.67. The Kier molecular flexibility index (Phi) is 5.05. The summed E-state index contributed by atoms with van der Waals surface area (Å²) in [5, 5.41) is 4.85. The molecule has 3 aromatic rings. The van der Waals surface area contributed by atoms with Crippen LogP contribution in [0.3, 0.4) is 0 Å². The molecule has 2 heterocycles. The fourth-order valence-electron chi connectivity index (χ4n) is 2.58. The number of amides is 1. The lowest BCUT2D eigenvalue weighted by molar-refractivity contribution is -0.121. The molecule has 124 valence electrons. The predicted molar refractivity (Wildman–Crippen MR) is 95.6 cm³/mol. The Morgan fingerprint density at radius 2 is 2.04 bits per heavy atom. The number of benzene rings is 1. The highest BCUT2D eigenvalue weighted by molar-refractivity contribution is 7.15. The monoisotopic (exact) mass is 341 g/mol. The van der Waals surface area contributed by atoms with Crippen molar-refractivity contribution in [3.8, 4) is 0 Å². The second-order valence-corrected chi connectivity index (χ2v) is 6.50. The van der Waals surface area contributed by atoms with Gasteiger partial charge in [-0.25, -0.2) is 4.98 Å². The molecule has 1 aromatic carbocycles. The van der Waals surface area contributed by atoms with Crippen LogP contribution in [0.25, 0.3) is 4.96 Å². The van der Waals surface area contributed by atoms with Gasteiger partial charge in [0.1, 0.15) is 0 Å². The van der Waals surface area contributed by atoms with Crippen molar-refractivity contribution in [1.29, 1.82) is 0 Å². The average molecular weight is 341 g/mol. The smallest absolute Gasteiger partial charge is 0.258 e. The maximum absolute atomic E-state index is 12.1. The minimum atomic E-state index is -0.0656. The Balaban J connectivity index is 1.53. The van der Waals surface area contributed by atoms with Gasteiger partial charge in [-0.15, -0.1) is 11.3 Å². The zero-order valence-electron chi connectivity index (χ0n) is 13.5. The topological polar surface area (TPSA) is 63.5 Å². The van der Waals surface area contributed by atoms with Crippen molar-refractivity contribution >= 4 is 22.2 Å². The van der Waals surface area contributed by atoms with E-state index in [2.05, 4.69) is 10.3 Å². The lowest BCUT2D eigenvalue weighted by atomic mass is 10.1. The van der Waals surface area contributed by atoms with E-state index in [-0.39, 0.29) is 11.5 Å². The summed E-state index contributed by atoms with van der Waals surface area (Å²) in [6, 6.07) is 11.5. The number of hydrogen-bond acceptors (Lipinski definition) is 4. The number of fused-ring (bicyclic) bond motifs is 1. The zero-order valence-corrected chi connectivity index (χ0v) is 14.3. The fraction of sp³-hybridized carbons (Fsp3) is 0.278. The summed E-state index contributed by atoms with van der Waals surface area (Å²) in [7, 11) is 0. The van der Waals surface area contributed by atoms with Gasteiger partial charge in [0.2, 0.25) is 5.91 Å². The molecule has 0 fully saturated rings. The Morgan fingerprint density at radius 1 is 1.25 bits per heavy atom. The van der Waals surface area contributed by atoms with Crippen LogP contribution in [0.5, 0.6) is 0 Å². The van der Waals surface area contributed by atoms with Gasteiger partial charge in [-0.2, -0.15) is 0 Å². The lowest BCUT2D eigenvalue weighted by Gasteiger charge is -2.05. The number of hydrogen-bond donors (Lipinski definition) is 1. The van der Waals surface area contributed by atoms with E-state index in [0.717, 1.165) is 23.4 Å². The first-order valence-corrected chi connectivity index (χ1v) is 8.79. The van der Waals surface area contributed by atoms with Crippen molar-refractivity contribution in [2.24, 2.45) is 0 Å². The maximum Gasteiger partial charge on any atom is 0.258 e. The summed E-state index contributed by atoms with van der Waals surface area (Å²) in [6.45, 7) is 2.33. The number of aromatic nitrogens is 2. The Hall–Kier alpha value is -2.47. The minimum absolute atomic E-state index is 0.0275. The van der Waals surface area contributed by atoms with Gasteiger partial charge in [0.05, 0.1) is 0 Å². The van der Waals surface area contributed by atoms with Crippen molar-refractivity contribution in [1.82, 2.24) is 14.7 Å². The summed E-state index contributed by atoms with van der Waals surface area (Å²) in [6.07, 6.45) is 1.81. The number of thiazole rings is 1. The van der Waals surface area contributed by atoms with Gasteiger partial charge < -0.3 is 5.32 Å². The standard InChI is InChI=1S/C18H19N3O2S/c1-13-11-17(23)21-15(12-24-18(21)20-13)9-10-19-16(22)8-7-14-5-3-2-4-6-14/h2-6,11-12H,7-10H2,1H3,(H,19,22). The molecule has 2 aromatic heterocycles. The van der Waals surface area contributed by atoms with Gasteiger partial charge in [-0.05, 0) is 18.9 Å². The summed E-state index contributed by atoms with van der Waals surface area (Å²) >= 11 is 1.45. The molecule has 24 heavy (non-hydrogen) atoms. The van der Waals surface area contributed by atoms with Crippen molar-refractivity contribution < 1.29 is 4.79 Å². The number of aryl methyl sites for hydroxylation is 2. The number of nitrogens with one attached hydrogen (secondary N) is 1. The normalized spacial score (nSPS) is 10.9. The van der Waals surface area contributed by atoms with E-state index in [1.807, 2.05) is 42.6 Å². The lowest BCUT2D eigenvalue weighted by Crippen LogP contribution is -2.27. The van der Waals surface area contributed by atoms with E-state index >= 15 is 0 Å². The molecule has 0 saturated carbocycles.